The van der Waals surface area contributed by atoms with E-state index in [1.165, 1.54) is 20.0 Å². The number of rotatable bonds is 6. The number of sulfonamides is 1. The first-order chi connectivity index (χ1) is 11.2. The van der Waals surface area contributed by atoms with Crippen molar-refractivity contribution in [2.24, 2.45) is 5.92 Å². The van der Waals surface area contributed by atoms with Gasteiger partial charge in [0.2, 0.25) is 10.0 Å². The lowest BCUT2D eigenvalue weighted by Gasteiger charge is -2.35. The van der Waals surface area contributed by atoms with Crippen LogP contribution in [-0.2, 0) is 10.0 Å². The molecule has 1 N–H and O–H groups in total. The molecule has 2 rings (SSSR count). The van der Waals surface area contributed by atoms with Gasteiger partial charge in [0, 0.05) is 12.6 Å². The Morgan fingerprint density at radius 3 is 2.42 bits per heavy atom. The summed E-state index contributed by atoms with van der Waals surface area (Å²) in [5.41, 5.74) is 1.95. The molecule has 5 nitrogen and oxygen atoms in total. The summed E-state index contributed by atoms with van der Waals surface area (Å²) in [5.74, 6) is 1.16. The van der Waals surface area contributed by atoms with Crippen LogP contribution in [0.5, 0.6) is 5.75 Å². The van der Waals surface area contributed by atoms with E-state index in [9.17, 15) is 8.42 Å². The first-order valence-electron chi connectivity index (χ1n) is 8.63. The highest BCUT2D eigenvalue weighted by Crippen LogP contribution is 2.27. The van der Waals surface area contributed by atoms with Crippen molar-refractivity contribution in [1.82, 2.24) is 9.62 Å². The van der Waals surface area contributed by atoms with Crippen molar-refractivity contribution in [3.8, 4) is 5.75 Å². The van der Waals surface area contributed by atoms with Crippen LogP contribution >= 0.6 is 0 Å². The van der Waals surface area contributed by atoms with Crippen LogP contribution in [0, 0.1) is 19.8 Å². The fourth-order valence-corrected chi connectivity index (χ4v) is 4.39. The van der Waals surface area contributed by atoms with Crippen molar-refractivity contribution in [3.05, 3.63) is 23.3 Å². The number of piperidine rings is 1. The highest BCUT2D eigenvalue weighted by Gasteiger charge is 2.24. The minimum absolute atomic E-state index is 0.185. The summed E-state index contributed by atoms with van der Waals surface area (Å²) >= 11 is 0. The van der Waals surface area contributed by atoms with Crippen molar-refractivity contribution in [2.45, 2.75) is 51.5 Å². The average Bonchev–Trinajstić information content (AvgIpc) is 2.55. The second-order valence-corrected chi connectivity index (χ2v) is 8.74. The predicted octanol–water partition coefficient (Wildman–Crippen LogP) is 2.71. The molecule has 1 aliphatic heterocycles. The second kappa shape index (κ2) is 7.85. The number of methoxy groups -OCH3 is 1. The summed E-state index contributed by atoms with van der Waals surface area (Å²) in [6, 6.07) is 3.65. The SMILES string of the molecule is COc1cc(C)c(C)cc1S(=O)(=O)NCC(C)N1CCC(C)CC1. The molecule has 136 valence electrons. The lowest BCUT2D eigenvalue weighted by Crippen LogP contribution is -2.45. The van der Waals surface area contributed by atoms with E-state index in [2.05, 4.69) is 23.5 Å². The first-order valence-corrected chi connectivity index (χ1v) is 10.1. The first kappa shape index (κ1) is 19.2. The lowest BCUT2D eigenvalue weighted by atomic mass is 9.98. The second-order valence-electron chi connectivity index (χ2n) is 7.01. The number of benzene rings is 1. The molecule has 0 bridgehead atoms. The van der Waals surface area contributed by atoms with Crippen LogP contribution in [0.3, 0.4) is 0 Å². The Balaban J connectivity index is 2.07. The maximum atomic E-state index is 12.7. The van der Waals surface area contributed by atoms with Gasteiger partial charge in [0.25, 0.3) is 0 Å². The molecule has 0 radical (unpaired) electrons. The van der Waals surface area contributed by atoms with E-state index in [0.29, 0.717) is 12.3 Å². The quantitative estimate of drug-likeness (QED) is 0.853. The third kappa shape index (κ3) is 4.49. The zero-order chi connectivity index (χ0) is 17.9. The molecule has 1 fully saturated rings. The van der Waals surface area contributed by atoms with Gasteiger partial charge in [0.1, 0.15) is 10.6 Å². The molecule has 1 atom stereocenters. The molecule has 0 aromatic heterocycles. The molecule has 0 saturated carbocycles. The number of hydrogen-bond acceptors (Lipinski definition) is 4. The molecule has 0 amide bonds. The van der Waals surface area contributed by atoms with Gasteiger partial charge >= 0.3 is 0 Å². The molecule has 24 heavy (non-hydrogen) atoms. The van der Waals surface area contributed by atoms with Crippen molar-refractivity contribution >= 4 is 10.0 Å². The summed E-state index contributed by atoms with van der Waals surface area (Å²) in [4.78, 5) is 2.58. The van der Waals surface area contributed by atoms with Gasteiger partial charge < -0.3 is 4.74 Å². The molecule has 1 unspecified atom stereocenters. The number of likely N-dealkylation sites (tertiary alicyclic amines) is 1. The van der Waals surface area contributed by atoms with Crippen molar-refractivity contribution < 1.29 is 13.2 Å². The summed E-state index contributed by atoms with van der Waals surface area (Å²) in [6.07, 6.45) is 2.37. The standard InChI is InChI=1S/C18H30N2O3S/c1-13-6-8-20(9-7-13)16(4)12-19-24(21,22)18-11-15(3)14(2)10-17(18)23-5/h10-11,13,16,19H,6-9,12H2,1-5H3. The Labute approximate surface area is 146 Å². The third-order valence-corrected chi connectivity index (χ3v) is 6.52. The zero-order valence-corrected chi connectivity index (χ0v) is 16.2. The Morgan fingerprint density at radius 2 is 1.83 bits per heavy atom. The molecular formula is C18H30N2O3S. The van der Waals surface area contributed by atoms with Crippen LogP contribution in [0.2, 0.25) is 0 Å². The Hall–Kier alpha value is -1.11. The zero-order valence-electron chi connectivity index (χ0n) is 15.4. The number of nitrogens with zero attached hydrogens (tertiary/aromatic N) is 1. The van der Waals surface area contributed by atoms with E-state index in [0.717, 1.165) is 30.1 Å². The Morgan fingerprint density at radius 1 is 1.25 bits per heavy atom. The Kier molecular flexibility index (Phi) is 6.28. The smallest absolute Gasteiger partial charge is 0.244 e. The van der Waals surface area contributed by atoms with Crippen LogP contribution in [0.1, 0.15) is 37.8 Å². The fraction of sp³-hybridized carbons (Fsp3) is 0.667. The number of hydrogen-bond donors (Lipinski definition) is 1. The molecule has 1 heterocycles. The molecule has 1 aromatic rings. The van der Waals surface area contributed by atoms with Gasteiger partial charge in [-0.1, -0.05) is 6.92 Å². The minimum Gasteiger partial charge on any atom is -0.495 e. The largest absolute Gasteiger partial charge is 0.495 e. The van der Waals surface area contributed by atoms with Gasteiger partial charge in [-0.3, -0.25) is 4.90 Å². The summed E-state index contributed by atoms with van der Waals surface area (Å²) in [7, 11) is -2.09. The van der Waals surface area contributed by atoms with E-state index in [-0.39, 0.29) is 10.9 Å². The van der Waals surface area contributed by atoms with Gasteiger partial charge in [-0.2, -0.15) is 0 Å². The van der Waals surface area contributed by atoms with Gasteiger partial charge in [-0.25, -0.2) is 13.1 Å². The molecule has 1 saturated heterocycles. The maximum Gasteiger partial charge on any atom is 0.244 e. The van der Waals surface area contributed by atoms with E-state index in [1.54, 1.807) is 12.1 Å². The van der Waals surface area contributed by atoms with Crippen LogP contribution in [-0.4, -0.2) is 46.1 Å². The molecule has 1 aromatic carbocycles. The third-order valence-electron chi connectivity index (χ3n) is 5.08. The number of aryl methyl sites for hydroxylation is 2. The van der Waals surface area contributed by atoms with Crippen molar-refractivity contribution in [3.63, 3.8) is 0 Å². The number of nitrogens with one attached hydrogen (secondary N) is 1. The number of ether oxygens (including phenoxy) is 1. The molecule has 0 spiro atoms. The van der Waals surface area contributed by atoms with Crippen LogP contribution in [0.25, 0.3) is 0 Å². The molecule has 6 heteroatoms. The van der Waals surface area contributed by atoms with Gasteiger partial charge in [-0.05, 0) is 75.9 Å². The monoisotopic (exact) mass is 354 g/mol. The Bertz CT molecular complexity index is 665. The molecule has 0 aliphatic carbocycles. The van der Waals surface area contributed by atoms with Crippen LogP contribution in [0.15, 0.2) is 17.0 Å². The minimum atomic E-state index is -3.59. The highest BCUT2D eigenvalue weighted by molar-refractivity contribution is 7.89. The van der Waals surface area contributed by atoms with Crippen LogP contribution in [0.4, 0.5) is 0 Å². The van der Waals surface area contributed by atoms with E-state index < -0.39 is 10.0 Å². The summed E-state index contributed by atoms with van der Waals surface area (Å²) in [6.45, 7) is 10.7. The van der Waals surface area contributed by atoms with Crippen molar-refractivity contribution in [2.75, 3.05) is 26.7 Å². The van der Waals surface area contributed by atoms with E-state index in [4.69, 9.17) is 4.74 Å². The lowest BCUT2D eigenvalue weighted by molar-refractivity contribution is 0.148. The maximum absolute atomic E-state index is 12.7. The average molecular weight is 355 g/mol. The van der Waals surface area contributed by atoms with Gasteiger partial charge in [0.15, 0.2) is 0 Å². The van der Waals surface area contributed by atoms with Crippen molar-refractivity contribution in [1.29, 1.82) is 0 Å². The van der Waals surface area contributed by atoms with E-state index >= 15 is 0 Å². The van der Waals surface area contributed by atoms with Crippen LogP contribution < -0.4 is 9.46 Å². The van der Waals surface area contributed by atoms with Gasteiger partial charge in [0.05, 0.1) is 7.11 Å². The van der Waals surface area contributed by atoms with E-state index in [1.807, 2.05) is 13.8 Å². The fourth-order valence-electron chi connectivity index (χ4n) is 3.04. The molecule has 1 aliphatic rings. The summed E-state index contributed by atoms with van der Waals surface area (Å²) < 4.78 is 33.4. The topological polar surface area (TPSA) is 58.6 Å². The summed E-state index contributed by atoms with van der Waals surface area (Å²) in [5, 5.41) is 0. The normalized spacial score (nSPS) is 18.5. The predicted molar refractivity (Wildman–Crippen MR) is 97.1 cm³/mol. The highest BCUT2D eigenvalue weighted by atomic mass is 32.2. The molecular weight excluding hydrogens is 324 g/mol. The van der Waals surface area contributed by atoms with Gasteiger partial charge in [-0.15, -0.1) is 0 Å².